The topological polar surface area (TPSA) is 76.1 Å². The molecule has 0 bridgehead atoms. The highest BCUT2D eigenvalue weighted by Gasteiger charge is 2.35. The molecular formula is C21H26N4O2. The lowest BCUT2D eigenvalue weighted by molar-refractivity contribution is 0.0911. The van der Waals surface area contributed by atoms with Crippen LogP contribution in [-0.4, -0.2) is 35.0 Å². The van der Waals surface area contributed by atoms with Crippen molar-refractivity contribution in [1.82, 2.24) is 9.97 Å². The number of carbonyl (C=O) groups excluding carboxylic acids is 1. The summed E-state index contributed by atoms with van der Waals surface area (Å²) in [5, 5.41) is 6.62. The highest BCUT2D eigenvalue weighted by atomic mass is 16.5. The predicted molar refractivity (Wildman–Crippen MR) is 106 cm³/mol. The van der Waals surface area contributed by atoms with Gasteiger partial charge in [-0.2, -0.15) is 4.98 Å². The zero-order valence-electron chi connectivity index (χ0n) is 15.9. The number of aromatic nitrogens is 2. The minimum absolute atomic E-state index is 0.0890. The van der Waals surface area contributed by atoms with Gasteiger partial charge in [0, 0.05) is 25.3 Å². The molecule has 2 aromatic rings. The van der Waals surface area contributed by atoms with Crippen LogP contribution in [-0.2, 0) is 11.2 Å². The van der Waals surface area contributed by atoms with Crippen LogP contribution < -0.4 is 10.6 Å². The fraction of sp³-hybridized carbons (Fsp3) is 0.476. The molecule has 1 aromatic heterocycles. The van der Waals surface area contributed by atoms with Crippen molar-refractivity contribution in [2.24, 2.45) is 5.41 Å². The first-order valence-electron chi connectivity index (χ1n) is 9.62. The maximum atomic E-state index is 12.8. The first kappa shape index (κ1) is 17.9. The summed E-state index contributed by atoms with van der Waals surface area (Å²) in [7, 11) is 0. The van der Waals surface area contributed by atoms with Gasteiger partial charge in [-0.1, -0.05) is 32.0 Å². The van der Waals surface area contributed by atoms with Crippen LogP contribution in [0.15, 0.2) is 30.3 Å². The zero-order chi connectivity index (χ0) is 18.9. The average Bonchev–Trinajstić information content (AvgIpc) is 3.12. The molecule has 2 aliphatic rings. The lowest BCUT2D eigenvalue weighted by Gasteiger charge is -2.30. The normalized spacial score (nSPS) is 21.0. The second kappa shape index (κ2) is 7.27. The third-order valence-corrected chi connectivity index (χ3v) is 5.10. The number of nitrogens with one attached hydrogen (secondary N) is 2. The van der Waals surface area contributed by atoms with Gasteiger partial charge in [0.2, 0.25) is 5.95 Å². The van der Waals surface area contributed by atoms with E-state index in [1.165, 1.54) is 0 Å². The summed E-state index contributed by atoms with van der Waals surface area (Å²) in [4.78, 5) is 22.1. The Morgan fingerprint density at radius 1 is 1.19 bits per heavy atom. The molecule has 27 heavy (non-hydrogen) atoms. The Morgan fingerprint density at radius 2 is 2.00 bits per heavy atom. The SMILES string of the molecule is CC1(C)CC(=O)c2c(nc(NCC3CCCO3)nc2Nc2ccccc2)C1. The second-order valence-corrected chi connectivity index (χ2v) is 8.17. The van der Waals surface area contributed by atoms with E-state index in [1.807, 2.05) is 30.3 Å². The number of hydrogen-bond donors (Lipinski definition) is 2. The molecule has 1 saturated heterocycles. The van der Waals surface area contributed by atoms with Crippen LogP contribution in [0.4, 0.5) is 17.5 Å². The highest BCUT2D eigenvalue weighted by molar-refractivity contribution is 6.03. The third-order valence-electron chi connectivity index (χ3n) is 5.10. The van der Waals surface area contributed by atoms with Crippen LogP contribution in [0.2, 0.25) is 0 Å². The molecule has 6 nitrogen and oxygen atoms in total. The quantitative estimate of drug-likeness (QED) is 0.834. The molecule has 0 spiro atoms. The van der Waals surface area contributed by atoms with Gasteiger partial charge in [0.1, 0.15) is 5.82 Å². The van der Waals surface area contributed by atoms with Gasteiger partial charge in [-0.05, 0) is 36.8 Å². The number of rotatable bonds is 5. The van der Waals surface area contributed by atoms with Crippen LogP contribution in [0.1, 0.15) is 49.2 Å². The first-order chi connectivity index (χ1) is 13.0. The van der Waals surface area contributed by atoms with Gasteiger partial charge in [-0.25, -0.2) is 4.98 Å². The van der Waals surface area contributed by atoms with Crippen molar-refractivity contribution in [3.63, 3.8) is 0 Å². The Morgan fingerprint density at radius 3 is 2.74 bits per heavy atom. The molecule has 1 aliphatic heterocycles. The number of nitrogens with zero attached hydrogens (tertiary/aromatic N) is 2. The predicted octanol–water partition coefficient (Wildman–Crippen LogP) is 3.97. The molecule has 2 N–H and O–H groups in total. The van der Waals surface area contributed by atoms with Crippen molar-refractivity contribution in [3.05, 3.63) is 41.6 Å². The Kier molecular flexibility index (Phi) is 4.83. The largest absolute Gasteiger partial charge is 0.376 e. The van der Waals surface area contributed by atoms with Crippen molar-refractivity contribution in [1.29, 1.82) is 0 Å². The molecule has 2 heterocycles. The minimum Gasteiger partial charge on any atom is -0.376 e. The summed E-state index contributed by atoms with van der Waals surface area (Å²) in [5.74, 6) is 1.24. The molecular weight excluding hydrogens is 340 g/mol. The van der Waals surface area contributed by atoms with E-state index < -0.39 is 0 Å². The molecule has 1 fully saturated rings. The van der Waals surface area contributed by atoms with Crippen molar-refractivity contribution in [2.45, 2.75) is 45.6 Å². The fourth-order valence-electron chi connectivity index (χ4n) is 3.81. The summed E-state index contributed by atoms with van der Waals surface area (Å²) in [6.07, 6.45) is 3.62. The summed E-state index contributed by atoms with van der Waals surface area (Å²) in [6.45, 7) is 5.72. The Hall–Kier alpha value is -2.47. The van der Waals surface area contributed by atoms with Crippen molar-refractivity contribution in [2.75, 3.05) is 23.8 Å². The van der Waals surface area contributed by atoms with E-state index in [2.05, 4.69) is 34.4 Å². The zero-order valence-corrected chi connectivity index (χ0v) is 15.9. The number of benzene rings is 1. The number of anilines is 3. The Labute approximate surface area is 159 Å². The number of para-hydroxylation sites is 1. The number of fused-ring (bicyclic) bond motifs is 1. The van der Waals surface area contributed by atoms with Crippen LogP contribution in [0.3, 0.4) is 0 Å². The second-order valence-electron chi connectivity index (χ2n) is 8.17. The van der Waals surface area contributed by atoms with E-state index in [-0.39, 0.29) is 17.3 Å². The maximum absolute atomic E-state index is 12.8. The van der Waals surface area contributed by atoms with E-state index in [0.29, 0.717) is 30.3 Å². The number of carbonyl (C=O) groups is 1. The number of hydrogen-bond acceptors (Lipinski definition) is 6. The van der Waals surface area contributed by atoms with E-state index in [9.17, 15) is 4.79 Å². The van der Waals surface area contributed by atoms with E-state index in [4.69, 9.17) is 4.74 Å². The van der Waals surface area contributed by atoms with Gasteiger partial charge in [-0.15, -0.1) is 0 Å². The molecule has 0 amide bonds. The van der Waals surface area contributed by atoms with Gasteiger partial charge < -0.3 is 15.4 Å². The highest BCUT2D eigenvalue weighted by Crippen LogP contribution is 2.37. The molecule has 4 rings (SSSR count). The van der Waals surface area contributed by atoms with Crippen LogP contribution >= 0.6 is 0 Å². The lowest BCUT2D eigenvalue weighted by atomic mass is 9.75. The first-order valence-corrected chi connectivity index (χ1v) is 9.62. The monoisotopic (exact) mass is 366 g/mol. The Balaban J connectivity index is 1.66. The van der Waals surface area contributed by atoms with Crippen LogP contribution in [0.25, 0.3) is 0 Å². The fourth-order valence-corrected chi connectivity index (χ4v) is 3.81. The van der Waals surface area contributed by atoms with Gasteiger partial charge in [0.05, 0.1) is 17.4 Å². The molecule has 6 heteroatoms. The molecule has 1 aliphatic carbocycles. The van der Waals surface area contributed by atoms with E-state index in [0.717, 1.165) is 37.3 Å². The number of Topliss-reactive ketones (excluding diaryl/α,β-unsaturated/α-hetero) is 1. The summed E-state index contributed by atoms with van der Waals surface area (Å²) in [6, 6.07) is 9.80. The van der Waals surface area contributed by atoms with Gasteiger partial charge in [0.25, 0.3) is 0 Å². The Bertz CT molecular complexity index is 830. The third kappa shape index (κ3) is 4.11. The van der Waals surface area contributed by atoms with Crippen molar-refractivity contribution >= 4 is 23.2 Å². The molecule has 0 saturated carbocycles. The summed E-state index contributed by atoms with van der Waals surface area (Å²) in [5.41, 5.74) is 2.26. The number of ether oxygens (including phenoxy) is 1. The van der Waals surface area contributed by atoms with E-state index >= 15 is 0 Å². The van der Waals surface area contributed by atoms with Gasteiger partial charge >= 0.3 is 0 Å². The molecule has 1 atom stereocenters. The standard InChI is InChI=1S/C21H26N4O2/c1-21(2)11-16-18(17(26)12-21)19(23-14-7-4-3-5-8-14)25-20(24-16)22-13-15-9-6-10-27-15/h3-5,7-8,15H,6,9-13H2,1-2H3,(H2,22,23,24,25). The van der Waals surface area contributed by atoms with Crippen LogP contribution in [0.5, 0.6) is 0 Å². The van der Waals surface area contributed by atoms with Crippen LogP contribution in [0, 0.1) is 5.41 Å². The number of ketones is 1. The smallest absolute Gasteiger partial charge is 0.225 e. The van der Waals surface area contributed by atoms with Gasteiger partial charge in [-0.3, -0.25) is 4.79 Å². The average molecular weight is 366 g/mol. The lowest BCUT2D eigenvalue weighted by Crippen LogP contribution is -2.30. The van der Waals surface area contributed by atoms with E-state index in [1.54, 1.807) is 0 Å². The molecule has 142 valence electrons. The molecule has 1 unspecified atom stereocenters. The minimum atomic E-state index is -0.0890. The maximum Gasteiger partial charge on any atom is 0.225 e. The molecule has 1 aromatic carbocycles. The van der Waals surface area contributed by atoms with Crippen molar-refractivity contribution in [3.8, 4) is 0 Å². The van der Waals surface area contributed by atoms with Gasteiger partial charge in [0.15, 0.2) is 5.78 Å². The summed E-state index contributed by atoms with van der Waals surface area (Å²) >= 11 is 0. The van der Waals surface area contributed by atoms with Crippen molar-refractivity contribution < 1.29 is 9.53 Å². The molecule has 0 radical (unpaired) electrons. The summed E-state index contributed by atoms with van der Waals surface area (Å²) < 4.78 is 5.68.